The van der Waals surface area contributed by atoms with Crippen molar-refractivity contribution in [3.05, 3.63) is 60.2 Å². The molecule has 2 N–H and O–H groups in total. The maximum atomic E-state index is 12.2. The number of carbonyl (C=O) groups excluding carboxylic acids is 2. The molecule has 23 heavy (non-hydrogen) atoms. The van der Waals surface area contributed by atoms with Gasteiger partial charge in [-0.25, -0.2) is 0 Å². The first-order chi connectivity index (χ1) is 11.1. The third-order valence-electron chi connectivity index (χ3n) is 3.42. The van der Waals surface area contributed by atoms with E-state index in [9.17, 15) is 9.59 Å². The van der Waals surface area contributed by atoms with Crippen molar-refractivity contribution in [1.82, 2.24) is 5.32 Å². The number of hydrogen-bond donors (Lipinski definition) is 2. The smallest absolute Gasteiger partial charge is 0.251 e. The van der Waals surface area contributed by atoms with E-state index in [4.69, 9.17) is 0 Å². The average Bonchev–Trinajstić information content (AvgIpc) is 2.60. The van der Waals surface area contributed by atoms with E-state index in [1.807, 2.05) is 43.3 Å². The number of nitrogens with one attached hydrogen (secondary N) is 2. The molecule has 0 radical (unpaired) electrons. The fraction of sp³-hybridized carbons (Fsp3) is 0.222. The Morgan fingerprint density at radius 3 is 2.48 bits per heavy atom. The highest BCUT2D eigenvalue weighted by molar-refractivity contribution is 5.97. The quantitative estimate of drug-likeness (QED) is 0.861. The van der Waals surface area contributed by atoms with Gasteiger partial charge in [0.1, 0.15) is 0 Å². The highest BCUT2D eigenvalue weighted by Crippen LogP contribution is 2.13. The number of anilines is 2. The van der Waals surface area contributed by atoms with Crippen molar-refractivity contribution in [3.8, 4) is 0 Å². The molecular weight excluding hydrogens is 290 g/mol. The van der Waals surface area contributed by atoms with Gasteiger partial charge in [0.2, 0.25) is 5.91 Å². The maximum Gasteiger partial charge on any atom is 0.251 e. The number of nitrogens with zero attached hydrogens (tertiary/aromatic N) is 1. The molecule has 0 spiro atoms. The van der Waals surface area contributed by atoms with Crippen LogP contribution in [-0.2, 0) is 4.79 Å². The summed E-state index contributed by atoms with van der Waals surface area (Å²) in [6, 6.07) is 16.6. The van der Waals surface area contributed by atoms with Crippen LogP contribution < -0.4 is 15.5 Å². The molecule has 120 valence electrons. The summed E-state index contributed by atoms with van der Waals surface area (Å²) < 4.78 is 0. The van der Waals surface area contributed by atoms with Crippen LogP contribution in [0.3, 0.4) is 0 Å². The number of hydrogen-bond acceptors (Lipinski definition) is 3. The van der Waals surface area contributed by atoms with Gasteiger partial charge < -0.3 is 15.5 Å². The molecule has 2 aromatic carbocycles. The van der Waals surface area contributed by atoms with Gasteiger partial charge in [0, 0.05) is 30.5 Å². The summed E-state index contributed by atoms with van der Waals surface area (Å²) in [6.07, 6.45) is 0. The van der Waals surface area contributed by atoms with Gasteiger partial charge in [0.25, 0.3) is 5.91 Å². The molecule has 0 saturated heterocycles. The molecule has 0 aliphatic carbocycles. The fourth-order valence-electron chi connectivity index (χ4n) is 2.12. The number of para-hydroxylation sites is 1. The molecule has 5 heteroatoms. The lowest BCUT2D eigenvalue weighted by Crippen LogP contribution is -2.32. The van der Waals surface area contributed by atoms with Gasteiger partial charge in [-0.1, -0.05) is 24.3 Å². The van der Waals surface area contributed by atoms with Gasteiger partial charge in [-0.15, -0.1) is 0 Å². The number of rotatable bonds is 6. The monoisotopic (exact) mass is 311 g/mol. The fourth-order valence-corrected chi connectivity index (χ4v) is 2.12. The van der Waals surface area contributed by atoms with E-state index < -0.39 is 0 Å². The predicted octanol–water partition coefficient (Wildman–Crippen LogP) is 2.51. The van der Waals surface area contributed by atoms with Gasteiger partial charge in [-0.2, -0.15) is 0 Å². The SMILES string of the molecule is CCNC(=O)c1cccc(NCC(=O)N(C)c2ccccc2)c1. The minimum absolute atomic E-state index is 0.0559. The second kappa shape index (κ2) is 7.98. The van der Waals surface area contributed by atoms with E-state index in [-0.39, 0.29) is 18.4 Å². The van der Waals surface area contributed by atoms with Gasteiger partial charge in [0.05, 0.1) is 6.54 Å². The highest BCUT2D eigenvalue weighted by Gasteiger charge is 2.10. The summed E-state index contributed by atoms with van der Waals surface area (Å²) in [5.74, 6) is -0.177. The molecule has 0 aliphatic heterocycles. The highest BCUT2D eigenvalue weighted by atomic mass is 16.2. The van der Waals surface area contributed by atoms with Crippen molar-refractivity contribution in [2.24, 2.45) is 0 Å². The first-order valence-corrected chi connectivity index (χ1v) is 7.55. The van der Waals surface area contributed by atoms with Gasteiger partial charge in [-0.05, 0) is 37.3 Å². The van der Waals surface area contributed by atoms with E-state index >= 15 is 0 Å². The van der Waals surface area contributed by atoms with Crippen LogP contribution in [0.25, 0.3) is 0 Å². The van der Waals surface area contributed by atoms with Gasteiger partial charge in [-0.3, -0.25) is 9.59 Å². The molecule has 5 nitrogen and oxygen atoms in total. The Morgan fingerprint density at radius 1 is 1.04 bits per heavy atom. The third-order valence-corrected chi connectivity index (χ3v) is 3.42. The Labute approximate surface area is 136 Å². The zero-order valence-electron chi connectivity index (χ0n) is 13.4. The van der Waals surface area contributed by atoms with Crippen LogP contribution in [0.15, 0.2) is 54.6 Å². The van der Waals surface area contributed by atoms with Gasteiger partial charge in [0.15, 0.2) is 0 Å². The molecule has 2 aromatic rings. The third kappa shape index (κ3) is 4.57. The summed E-state index contributed by atoms with van der Waals surface area (Å²) in [5.41, 5.74) is 2.15. The normalized spacial score (nSPS) is 10.0. The Kier molecular flexibility index (Phi) is 5.74. The zero-order chi connectivity index (χ0) is 16.7. The van der Waals surface area contributed by atoms with Crippen LogP contribution in [0.1, 0.15) is 17.3 Å². The second-order valence-electron chi connectivity index (χ2n) is 5.08. The first-order valence-electron chi connectivity index (χ1n) is 7.55. The summed E-state index contributed by atoms with van der Waals surface area (Å²) in [7, 11) is 1.74. The molecule has 0 bridgehead atoms. The van der Waals surface area contributed by atoms with Crippen molar-refractivity contribution >= 4 is 23.2 Å². The molecule has 0 atom stereocenters. The summed E-state index contributed by atoms with van der Waals surface area (Å²) in [4.78, 5) is 25.6. The number of carbonyl (C=O) groups is 2. The molecule has 0 aliphatic rings. The lowest BCUT2D eigenvalue weighted by Gasteiger charge is -2.18. The summed E-state index contributed by atoms with van der Waals surface area (Å²) in [6.45, 7) is 2.61. The average molecular weight is 311 g/mol. The summed E-state index contributed by atoms with van der Waals surface area (Å²) in [5, 5.41) is 5.81. The minimum Gasteiger partial charge on any atom is -0.376 e. The first kappa shape index (κ1) is 16.5. The number of likely N-dealkylation sites (N-methyl/N-ethyl adjacent to an activating group) is 1. The lowest BCUT2D eigenvalue weighted by atomic mass is 10.2. The van der Waals surface area contributed by atoms with Gasteiger partial charge >= 0.3 is 0 Å². The Morgan fingerprint density at radius 2 is 1.78 bits per heavy atom. The number of benzene rings is 2. The number of amides is 2. The molecule has 2 rings (SSSR count). The van der Waals surface area contributed by atoms with Crippen LogP contribution in [0.4, 0.5) is 11.4 Å². The van der Waals surface area contributed by atoms with Crippen LogP contribution >= 0.6 is 0 Å². The molecule has 2 amide bonds. The van der Waals surface area contributed by atoms with Crippen LogP contribution in [0, 0.1) is 0 Å². The van der Waals surface area contributed by atoms with E-state index in [2.05, 4.69) is 10.6 Å². The van der Waals surface area contributed by atoms with E-state index in [1.165, 1.54) is 0 Å². The molecule has 0 aromatic heterocycles. The largest absolute Gasteiger partial charge is 0.376 e. The van der Waals surface area contributed by atoms with Crippen molar-refractivity contribution in [3.63, 3.8) is 0 Å². The van der Waals surface area contributed by atoms with Crippen molar-refractivity contribution in [2.75, 3.05) is 30.4 Å². The topological polar surface area (TPSA) is 61.4 Å². The second-order valence-corrected chi connectivity index (χ2v) is 5.08. The molecule has 0 saturated carbocycles. The predicted molar refractivity (Wildman–Crippen MR) is 92.8 cm³/mol. The Balaban J connectivity index is 1.96. The van der Waals surface area contributed by atoms with E-state index in [0.29, 0.717) is 12.1 Å². The lowest BCUT2D eigenvalue weighted by molar-refractivity contribution is -0.116. The summed E-state index contributed by atoms with van der Waals surface area (Å²) >= 11 is 0. The zero-order valence-corrected chi connectivity index (χ0v) is 13.4. The molecule has 0 heterocycles. The molecule has 0 fully saturated rings. The molecular formula is C18H21N3O2. The maximum absolute atomic E-state index is 12.2. The van der Waals surface area contributed by atoms with Crippen LogP contribution in [-0.4, -0.2) is 32.0 Å². The Hall–Kier alpha value is -2.82. The van der Waals surface area contributed by atoms with E-state index in [1.54, 1.807) is 30.1 Å². The van der Waals surface area contributed by atoms with E-state index in [0.717, 1.165) is 11.4 Å². The Bertz CT molecular complexity index is 671. The standard InChI is InChI=1S/C18H21N3O2/c1-3-19-18(23)14-8-7-9-15(12-14)20-13-17(22)21(2)16-10-5-4-6-11-16/h4-12,20H,3,13H2,1-2H3,(H,19,23). The minimum atomic E-state index is -0.121. The van der Waals surface area contributed by atoms with Crippen LogP contribution in [0.5, 0.6) is 0 Å². The van der Waals surface area contributed by atoms with Crippen molar-refractivity contribution in [1.29, 1.82) is 0 Å². The van der Waals surface area contributed by atoms with Crippen LogP contribution in [0.2, 0.25) is 0 Å². The molecule has 0 unspecified atom stereocenters. The van der Waals surface area contributed by atoms with Crippen molar-refractivity contribution in [2.45, 2.75) is 6.92 Å². The van der Waals surface area contributed by atoms with Crippen molar-refractivity contribution < 1.29 is 9.59 Å².